The molecular weight excluding hydrogens is 378 g/mol. The lowest BCUT2D eigenvalue weighted by Gasteiger charge is -2.01. The van der Waals surface area contributed by atoms with E-state index in [0.717, 1.165) is 19.7 Å². The minimum absolute atomic E-state index is 0.0839. The van der Waals surface area contributed by atoms with Gasteiger partial charge < -0.3 is 0 Å². The standard InChI is InChI=1S/C13H11Br2NOS/c1-2-8-3-4-9(16-7-8)5-11(17)10-6-12(14)18-13(10)15/h3-4,6-7H,2,5H2,1H3. The van der Waals surface area contributed by atoms with Crippen LogP contribution in [-0.4, -0.2) is 10.8 Å². The summed E-state index contributed by atoms with van der Waals surface area (Å²) in [6, 6.07) is 5.79. The summed E-state index contributed by atoms with van der Waals surface area (Å²) in [7, 11) is 0. The SMILES string of the molecule is CCc1ccc(CC(=O)c2cc(Br)sc2Br)nc1. The average Bonchev–Trinajstić information content (AvgIpc) is 2.69. The highest BCUT2D eigenvalue weighted by molar-refractivity contribution is 9.12. The van der Waals surface area contributed by atoms with Gasteiger partial charge in [-0.25, -0.2) is 0 Å². The maximum Gasteiger partial charge on any atom is 0.170 e. The smallest absolute Gasteiger partial charge is 0.170 e. The van der Waals surface area contributed by atoms with Crippen molar-refractivity contribution in [3.63, 3.8) is 0 Å². The van der Waals surface area contributed by atoms with Crippen molar-refractivity contribution in [2.75, 3.05) is 0 Å². The highest BCUT2D eigenvalue weighted by Gasteiger charge is 2.14. The topological polar surface area (TPSA) is 30.0 Å². The number of hydrogen-bond acceptors (Lipinski definition) is 3. The van der Waals surface area contributed by atoms with Crippen LogP contribution in [0.4, 0.5) is 0 Å². The molecule has 2 nitrogen and oxygen atoms in total. The zero-order chi connectivity index (χ0) is 13.1. The van der Waals surface area contributed by atoms with E-state index in [0.29, 0.717) is 12.0 Å². The van der Waals surface area contributed by atoms with Gasteiger partial charge in [0.05, 0.1) is 14.0 Å². The first-order valence-corrected chi connectivity index (χ1v) is 7.92. The Kier molecular flexibility index (Phi) is 4.70. The summed E-state index contributed by atoms with van der Waals surface area (Å²) >= 11 is 8.28. The highest BCUT2D eigenvalue weighted by Crippen LogP contribution is 2.32. The number of carbonyl (C=O) groups is 1. The Morgan fingerprint density at radius 3 is 2.67 bits per heavy atom. The van der Waals surface area contributed by atoms with Crippen LogP contribution in [0.2, 0.25) is 0 Å². The van der Waals surface area contributed by atoms with Crippen LogP contribution in [0.25, 0.3) is 0 Å². The average molecular weight is 389 g/mol. The van der Waals surface area contributed by atoms with E-state index in [9.17, 15) is 4.79 Å². The van der Waals surface area contributed by atoms with Gasteiger partial charge in [-0.3, -0.25) is 9.78 Å². The number of Topliss-reactive ketones (excluding diaryl/α,β-unsaturated/α-hetero) is 1. The van der Waals surface area contributed by atoms with E-state index in [-0.39, 0.29) is 5.78 Å². The fourth-order valence-electron chi connectivity index (χ4n) is 1.56. The van der Waals surface area contributed by atoms with Gasteiger partial charge in [0, 0.05) is 17.5 Å². The van der Waals surface area contributed by atoms with Crippen LogP contribution in [0.1, 0.15) is 28.5 Å². The van der Waals surface area contributed by atoms with Crippen molar-refractivity contribution < 1.29 is 4.79 Å². The molecule has 5 heteroatoms. The number of halogens is 2. The van der Waals surface area contributed by atoms with Crippen molar-refractivity contribution in [3.05, 3.63) is 48.8 Å². The lowest BCUT2D eigenvalue weighted by molar-refractivity contribution is 0.0991. The molecule has 2 aromatic heterocycles. The van der Waals surface area contributed by atoms with Gasteiger partial charge >= 0.3 is 0 Å². The third-order valence-electron chi connectivity index (χ3n) is 2.59. The van der Waals surface area contributed by atoms with E-state index >= 15 is 0 Å². The molecule has 2 rings (SSSR count). The number of thiophene rings is 1. The van der Waals surface area contributed by atoms with E-state index < -0.39 is 0 Å². The number of nitrogens with zero attached hydrogens (tertiary/aromatic N) is 1. The quantitative estimate of drug-likeness (QED) is 0.713. The predicted molar refractivity (Wildman–Crippen MR) is 81.4 cm³/mol. The van der Waals surface area contributed by atoms with Gasteiger partial charge in [-0.05, 0) is 56.0 Å². The molecule has 0 N–H and O–H groups in total. The predicted octanol–water partition coefficient (Wildman–Crippen LogP) is 4.66. The largest absolute Gasteiger partial charge is 0.294 e. The first-order chi connectivity index (χ1) is 8.60. The van der Waals surface area contributed by atoms with E-state index in [4.69, 9.17) is 0 Å². The molecular formula is C13H11Br2NOS. The Labute approximate surface area is 127 Å². The zero-order valence-corrected chi connectivity index (χ0v) is 13.7. The molecule has 0 atom stereocenters. The van der Waals surface area contributed by atoms with Crippen LogP contribution in [0.5, 0.6) is 0 Å². The number of aryl methyl sites for hydroxylation is 1. The van der Waals surface area contributed by atoms with Crippen molar-refractivity contribution in [3.8, 4) is 0 Å². The molecule has 0 aliphatic heterocycles. The summed E-state index contributed by atoms with van der Waals surface area (Å²) in [5.74, 6) is 0.0839. The van der Waals surface area contributed by atoms with E-state index in [1.165, 1.54) is 16.9 Å². The summed E-state index contributed by atoms with van der Waals surface area (Å²) in [6.45, 7) is 2.09. The van der Waals surface area contributed by atoms with Crippen LogP contribution in [-0.2, 0) is 12.8 Å². The molecule has 0 saturated heterocycles. The van der Waals surface area contributed by atoms with Crippen LogP contribution < -0.4 is 0 Å². The summed E-state index contributed by atoms with van der Waals surface area (Å²) in [5.41, 5.74) is 2.71. The monoisotopic (exact) mass is 387 g/mol. The molecule has 0 radical (unpaired) electrons. The van der Waals surface area contributed by atoms with Gasteiger partial charge in [0.1, 0.15) is 0 Å². The van der Waals surface area contributed by atoms with Crippen molar-refractivity contribution in [1.82, 2.24) is 4.98 Å². The van der Waals surface area contributed by atoms with E-state index in [1.54, 1.807) is 0 Å². The van der Waals surface area contributed by atoms with E-state index in [2.05, 4.69) is 43.8 Å². The molecule has 2 heterocycles. The molecule has 0 aliphatic carbocycles. The number of hydrogen-bond donors (Lipinski definition) is 0. The normalized spacial score (nSPS) is 10.6. The molecule has 0 bridgehead atoms. The molecule has 0 aliphatic rings. The second-order valence-electron chi connectivity index (χ2n) is 3.85. The van der Waals surface area contributed by atoms with Gasteiger partial charge in [-0.2, -0.15) is 0 Å². The second-order valence-corrected chi connectivity index (χ2v) is 7.60. The van der Waals surface area contributed by atoms with Crippen molar-refractivity contribution >= 4 is 49.0 Å². The highest BCUT2D eigenvalue weighted by atomic mass is 79.9. The van der Waals surface area contributed by atoms with Gasteiger partial charge in [0.25, 0.3) is 0 Å². The molecule has 0 aromatic carbocycles. The van der Waals surface area contributed by atoms with Crippen LogP contribution in [0.3, 0.4) is 0 Å². The second kappa shape index (κ2) is 6.08. The Hall–Kier alpha value is -0.520. The molecule has 0 amide bonds. The number of aromatic nitrogens is 1. The molecule has 0 spiro atoms. The number of ketones is 1. The van der Waals surface area contributed by atoms with Crippen molar-refractivity contribution in [1.29, 1.82) is 0 Å². The van der Waals surface area contributed by atoms with Gasteiger partial charge in [0.2, 0.25) is 0 Å². The Morgan fingerprint density at radius 1 is 1.39 bits per heavy atom. The van der Waals surface area contributed by atoms with Crippen LogP contribution >= 0.6 is 43.2 Å². The number of rotatable bonds is 4. The third-order valence-corrected chi connectivity index (χ3v) is 4.93. The zero-order valence-electron chi connectivity index (χ0n) is 9.74. The number of pyridine rings is 1. The molecule has 18 heavy (non-hydrogen) atoms. The third kappa shape index (κ3) is 3.28. The van der Waals surface area contributed by atoms with Crippen molar-refractivity contribution in [2.45, 2.75) is 19.8 Å². The molecule has 0 unspecified atom stereocenters. The molecule has 0 fully saturated rings. The lowest BCUT2D eigenvalue weighted by atomic mass is 10.1. The first kappa shape index (κ1) is 13.9. The summed E-state index contributed by atoms with van der Waals surface area (Å²) in [5, 5.41) is 0. The Bertz CT molecular complexity index is 563. The summed E-state index contributed by atoms with van der Waals surface area (Å²) in [4.78, 5) is 16.4. The molecule has 0 saturated carbocycles. The summed E-state index contributed by atoms with van der Waals surface area (Å²) < 4.78 is 1.82. The van der Waals surface area contributed by atoms with E-state index in [1.807, 2.05) is 24.4 Å². The first-order valence-electron chi connectivity index (χ1n) is 5.52. The van der Waals surface area contributed by atoms with Crippen molar-refractivity contribution in [2.24, 2.45) is 0 Å². The fourth-order valence-corrected chi connectivity index (χ4v) is 4.41. The minimum Gasteiger partial charge on any atom is -0.294 e. The lowest BCUT2D eigenvalue weighted by Crippen LogP contribution is -2.04. The van der Waals surface area contributed by atoms with Gasteiger partial charge in [-0.15, -0.1) is 11.3 Å². The Balaban J connectivity index is 2.13. The maximum atomic E-state index is 12.1. The molecule has 94 valence electrons. The molecule has 2 aromatic rings. The van der Waals surface area contributed by atoms with Crippen LogP contribution in [0.15, 0.2) is 32.0 Å². The fraction of sp³-hybridized carbons (Fsp3) is 0.231. The van der Waals surface area contributed by atoms with Gasteiger partial charge in [-0.1, -0.05) is 13.0 Å². The number of carbonyl (C=O) groups excluding carboxylic acids is 1. The van der Waals surface area contributed by atoms with Crippen LogP contribution in [0, 0.1) is 0 Å². The summed E-state index contributed by atoms with van der Waals surface area (Å²) in [6.07, 6.45) is 3.14. The maximum absolute atomic E-state index is 12.1. The van der Waals surface area contributed by atoms with Gasteiger partial charge in [0.15, 0.2) is 5.78 Å². The minimum atomic E-state index is 0.0839. The Morgan fingerprint density at radius 2 is 2.17 bits per heavy atom.